The fourth-order valence-electron chi connectivity index (χ4n) is 4.63. The van der Waals surface area contributed by atoms with Crippen LogP contribution in [0.25, 0.3) is 11.3 Å². The quantitative estimate of drug-likeness (QED) is 0.414. The topological polar surface area (TPSA) is 88.1 Å². The molecule has 0 spiro atoms. The third-order valence-electron chi connectivity index (χ3n) is 6.78. The van der Waals surface area contributed by atoms with Gasteiger partial charge in [-0.3, -0.25) is 9.59 Å². The van der Waals surface area contributed by atoms with Crippen LogP contribution >= 0.6 is 0 Å². The lowest BCUT2D eigenvalue weighted by Crippen LogP contribution is -2.52. The van der Waals surface area contributed by atoms with E-state index < -0.39 is 0 Å². The lowest BCUT2D eigenvalue weighted by molar-refractivity contribution is -0.132. The summed E-state index contributed by atoms with van der Waals surface area (Å²) in [5, 5.41) is 8.86. The number of hydrogen-bond donors (Lipinski definition) is 0. The second-order valence-corrected chi connectivity index (χ2v) is 10.2. The summed E-state index contributed by atoms with van der Waals surface area (Å²) in [4.78, 5) is 32.0. The number of benzene rings is 2. The molecule has 0 unspecified atom stereocenters. The van der Waals surface area contributed by atoms with Gasteiger partial charge in [0.25, 0.3) is 5.91 Å². The molecule has 0 bridgehead atoms. The van der Waals surface area contributed by atoms with E-state index in [1.165, 1.54) is 0 Å². The molecule has 4 rings (SSSR count). The molecule has 0 aliphatic carbocycles. The first-order valence-electron chi connectivity index (χ1n) is 13.2. The Kier molecular flexibility index (Phi) is 9.01. The van der Waals surface area contributed by atoms with Gasteiger partial charge in [0.05, 0.1) is 19.9 Å². The molecular weight excluding hydrogens is 494 g/mol. The van der Waals surface area contributed by atoms with Gasteiger partial charge >= 0.3 is 0 Å². The Bertz CT molecular complexity index is 1270. The molecule has 0 radical (unpaired) electrons. The number of hydrogen-bond acceptors (Lipinski definition) is 7. The third kappa shape index (κ3) is 6.85. The minimum atomic E-state index is -0.111. The Morgan fingerprint density at radius 1 is 0.897 bits per heavy atom. The van der Waals surface area contributed by atoms with Gasteiger partial charge in [-0.05, 0) is 55.3 Å². The van der Waals surface area contributed by atoms with E-state index in [-0.39, 0.29) is 24.3 Å². The predicted octanol–water partition coefficient (Wildman–Crippen LogP) is 3.92. The number of anilines is 1. The van der Waals surface area contributed by atoms with E-state index in [4.69, 9.17) is 9.47 Å². The number of methoxy groups -OCH3 is 2. The molecule has 1 saturated heterocycles. The number of amides is 2. The molecule has 9 heteroatoms. The molecule has 1 aromatic heterocycles. The average Bonchev–Trinajstić information content (AvgIpc) is 2.96. The number of ether oxygens (including phenoxy) is 2. The maximum absolute atomic E-state index is 13.2. The number of carbonyl (C=O) groups excluding carboxylic acids is 2. The average molecular weight is 532 g/mol. The first-order chi connectivity index (χ1) is 18.8. The highest BCUT2D eigenvalue weighted by Crippen LogP contribution is 2.31. The van der Waals surface area contributed by atoms with Crippen LogP contribution in [0.5, 0.6) is 11.5 Å². The molecule has 2 aromatic carbocycles. The van der Waals surface area contributed by atoms with Crippen LogP contribution in [0.4, 0.5) is 5.82 Å². The van der Waals surface area contributed by atoms with Gasteiger partial charge in [0.2, 0.25) is 5.91 Å². The Morgan fingerprint density at radius 3 is 2.18 bits per heavy atom. The molecule has 9 nitrogen and oxygen atoms in total. The van der Waals surface area contributed by atoms with Crippen LogP contribution in [-0.2, 0) is 4.79 Å². The van der Waals surface area contributed by atoms with Crippen LogP contribution in [0.15, 0.2) is 54.6 Å². The van der Waals surface area contributed by atoms with Crippen LogP contribution in [0.1, 0.15) is 29.8 Å². The number of carbonyl (C=O) groups is 2. The number of nitrogens with zero attached hydrogens (tertiary/aromatic N) is 5. The molecule has 1 aliphatic heterocycles. The van der Waals surface area contributed by atoms with Crippen molar-refractivity contribution in [2.24, 2.45) is 5.92 Å². The smallest absolute Gasteiger partial charge is 0.254 e. The van der Waals surface area contributed by atoms with Crippen molar-refractivity contribution in [2.45, 2.75) is 20.8 Å². The first kappa shape index (κ1) is 27.9. The highest BCUT2D eigenvalue weighted by molar-refractivity contribution is 5.96. The molecular formula is C30H37N5O4. The van der Waals surface area contributed by atoms with Gasteiger partial charge in [-0.2, -0.15) is 0 Å². The minimum absolute atomic E-state index is 0.0364. The van der Waals surface area contributed by atoms with Crippen LogP contribution in [0, 0.1) is 12.8 Å². The number of aromatic nitrogens is 2. The summed E-state index contributed by atoms with van der Waals surface area (Å²) < 4.78 is 10.7. The van der Waals surface area contributed by atoms with E-state index in [1.54, 1.807) is 19.1 Å². The molecule has 0 saturated carbocycles. The fraction of sp³-hybridized carbons (Fsp3) is 0.400. The van der Waals surface area contributed by atoms with Crippen LogP contribution in [-0.4, -0.2) is 85.3 Å². The summed E-state index contributed by atoms with van der Waals surface area (Å²) in [6, 6.07) is 17.0. The van der Waals surface area contributed by atoms with Gasteiger partial charge in [-0.15, -0.1) is 10.2 Å². The summed E-state index contributed by atoms with van der Waals surface area (Å²) >= 11 is 0. The third-order valence-corrected chi connectivity index (χ3v) is 6.78. The van der Waals surface area contributed by atoms with Crippen molar-refractivity contribution in [2.75, 3.05) is 58.4 Å². The van der Waals surface area contributed by atoms with Gasteiger partial charge in [0.15, 0.2) is 17.3 Å². The normalized spacial score (nSPS) is 13.4. The largest absolute Gasteiger partial charge is 0.493 e. The van der Waals surface area contributed by atoms with Crippen molar-refractivity contribution in [1.82, 2.24) is 20.0 Å². The summed E-state index contributed by atoms with van der Waals surface area (Å²) in [5.74, 6) is 2.16. The molecule has 0 atom stereocenters. The second-order valence-electron chi connectivity index (χ2n) is 10.2. The number of piperazine rings is 1. The highest BCUT2D eigenvalue weighted by Gasteiger charge is 2.26. The van der Waals surface area contributed by atoms with E-state index in [1.807, 2.05) is 66.4 Å². The van der Waals surface area contributed by atoms with Gasteiger partial charge in [-0.1, -0.05) is 31.5 Å². The molecule has 3 aromatic rings. The van der Waals surface area contributed by atoms with Crippen molar-refractivity contribution in [1.29, 1.82) is 0 Å². The standard InChI is InChI=1S/C30H37N5O4/c1-21(2)19-35(30(37)23-8-6-22(3)7-9-23)20-29(36)34-16-14-33(15-17-34)28-13-11-25(31-32-28)24-10-12-26(38-4)27(18-24)39-5/h6-13,18,21H,14-17,19-20H2,1-5H3. The molecule has 2 heterocycles. The van der Waals surface area contributed by atoms with Crippen molar-refractivity contribution < 1.29 is 19.1 Å². The summed E-state index contributed by atoms with van der Waals surface area (Å²) in [5.41, 5.74) is 3.32. The van der Waals surface area contributed by atoms with Gasteiger partial charge < -0.3 is 24.2 Å². The zero-order chi connectivity index (χ0) is 27.9. The van der Waals surface area contributed by atoms with Crippen molar-refractivity contribution in [3.63, 3.8) is 0 Å². The molecule has 206 valence electrons. The minimum Gasteiger partial charge on any atom is -0.493 e. The van der Waals surface area contributed by atoms with Crippen LogP contribution in [0.3, 0.4) is 0 Å². The molecule has 1 aliphatic rings. The zero-order valence-electron chi connectivity index (χ0n) is 23.4. The van der Waals surface area contributed by atoms with Crippen LogP contribution in [0.2, 0.25) is 0 Å². The SMILES string of the molecule is COc1ccc(-c2ccc(N3CCN(C(=O)CN(CC(C)C)C(=O)c4ccc(C)cc4)CC3)nn2)cc1OC. The van der Waals surface area contributed by atoms with E-state index in [2.05, 4.69) is 28.9 Å². The summed E-state index contributed by atoms with van der Waals surface area (Å²) in [6.07, 6.45) is 0. The fourth-order valence-corrected chi connectivity index (χ4v) is 4.63. The lowest BCUT2D eigenvalue weighted by atomic mass is 10.1. The lowest BCUT2D eigenvalue weighted by Gasteiger charge is -2.36. The molecule has 39 heavy (non-hydrogen) atoms. The van der Waals surface area contributed by atoms with Crippen molar-refractivity contribution in [3.8, 4) is 22.8 Å². The van der Waals surface area contributed by atoms with E-state index in [9.17, 15) is 9.59 Å². The predicted molar refractivity (Wildman–Crippen MR) is 151 cm³/mol. The summed E-state index contributed by atoms with van der Waals surface area (Å²) in [6.45, 7) is 9.11. The van der Waals surface area contributed by atoms with E-state index in [0.29, 0.717) is 49.8 Å². The van der Waals surface area contributed by atoms with Gasteiger partial charge in [0.1, 0.15) is 6.54 Å². The van der Waals surface area contributed by atoms with Crippen molar-refractivity contribution >= 4 is 17.6 Å². The highest BCUT2D eigenvalue weighted by atomic mass is 16.5. The maximum atomic E-state index is 13.2. The molecule has 0 N–H and O–H groups in total. The monoisotopic (exact) mass is 531 g/mol. The van der Waals surface area contributed by atoms with Crippen molar-refractivity contribution in [3.05, 3.63) is 65.7 Å². The number of aryl methyl sites for hydroxylation is 1. The van der Waals surface area contributed by atoms with Gasteiger partial charge in [0, 0.05) is 43.9 Å². The Balaban J connectivity index is 1.36. The Labute approximate surface area is 230 Å². The van der Waals surface area contributed by atoms with Crippen LogP contribution < -0.4 is 14.4 Å². The number of rotatable bonds is 9. The second kappa shape index (κ2) is 12.6. The first-order valence-corrected chi connectivity index (χ1v) is 13.2. The van der Waals surface area contributed by atoms with E-state index in [0.717, 1.165) is 22.6 Å². The van der Waals surface area contributed by atoms with Gasteiger partial charge in [-0.25, -0.2) is 0 Å². The zero-order valence-corrected chi connectivity index (χ0v) is 23.4. The Hall–Kier alpha value is -4.14. The maximum Gasteiger partial charge on any atom is 0.254 e. The Morgan fingerprint density at radius 2 is 1.59 bits per heavy atom. The molecule has 2 amide bonds. The van der Waals surface area contributed by atoms with E-state index >= 15 is 0 Å². The summed E-state index contributed by atoms with van der Waals surface area (Å²) in [7, 11) is 3.20. The molecule has 1 fully saturated rings.